The molecule has 0 radical (unpaired) electrons. The van der Waals surface area contributed by atoms with Crippen LogP contribution in [0.1, 0.15) is 5.56 Å². The summed E-state index contributed by atoms with van der Waals surface area (Å²) in [6.45, 7) is 1.43. The summed E-state index contributed by atoms with van der Waals surface area (Å²) in [6.07, 6.45) is 1.24. The molecule has 11 nitrogen and oxygen atoms in total. The number of hydrogen-bond donors (Lipinski definition) is 4. The standard InChI is InChI=1S/C14H14N6O5S/c1-7-2-3-8(26(15,24)25)4-9(7)17-10(21)5-20-6-16-11-12(20)18-14(23)19-13(11)22/h2-4,6H,5H2,1H3,(H,17,21)(H2,15,24,25)(H2,18,19,22,23). The fourth-order valence-electron chi connectivity index (χ4n) is 2.36. The molecule has 0 saturated heterocycles. The van der Waals surface area contributed by atoms with Gasteiger partial charge in [0, 0.05) is 5.69 Å². The molecular formula is C14H14N6O5S. The van der Waals surface area contributed by atoms with Crippen LogP contribution in [0.4, 0.5) is 5.69 Å². The molecular weight excluding hydrogens is 364 g/mol. The Morgan fingerprint density at radius 1 is 1.31 bits per heavy atom. The second-order valence-electron chi connectivity index (χ2n) is 5.55. The number of fused-ring (bicyclic) bond motifs is 1. The van der Waals surface area contributed by atoms with Crippen molar-refractivity contribution in [3.05, 3.63) is 50.9 Å². The third-order valence-corrected chi connectivity index (χ3v) is 4.55. The molecule has 5 N–H and O–H groups in total. The van der Waals surface area contributed by atoms with Crippen LogP contribution >= 0.6 is 0 Å². The van der Waals surface area contributed by atoms with Crippen LogP contribution < -0.4 is 21.7 Å². The van der Waals surface area contributed by atoms with Crippen molar-refractivity contribution >= 4 is 32.8 Å². The SMILES string of the molecule is Cc1ccc(S(N)(=O)=O)cc1NC(=O)Cn1cnc2c(=O)[nH]c(=O)[nH]c21. The van der Waals surface area contributed by atoms with E-state index in [0.29, 0.717) is 5.56 Å². The number of aromatic nitrogens is 4. The summed E-state index contributed by atoms with van der Waals surface area (Å²) in [4.78, 5) is 43.5. The van der Waals surface area contributed by atoms with E-state index in [1.54, 1.807) is 6.92 Å². The van der Waals surface area contributed by atoms with Crippen molar-refractivity contribution in [2.45, 2.75) is 18.4 Å². The van der Waals surface area contributed by atoms with Crippen molar-refractivity contribution in [3.63, 3.8) is 0 Å². The molecule has 2 aromatic heterocycles. The Labute approximate surface area is 145 Å². The lowest BCUT2D eigenvalue weighted by atomic mass is 10.2. The predicted octanol–water partition coefficient (Wildman–Crippen LogP) is -0.993. The highest BCUT2D eigenvalue weighted by molar-refractivity contribution is 7.89. The number of carbonyl (C=O) groups excluding carboxylic acids is 1. The number of imidazole rings is 1. The first-order valence-corrected chi connectivity index (χ1v) is 8.80. The molecule has 0 atom stereocenters. The van der Waals surface area contributed by atoms with E-state index >= 15 is 0 Å². The van der Waals surface area contributed by atoms with Crippen molar-refractivity contribution in [3.8, 4) is 0 Å². The Morgan fingerprint density at radius 3 is 2.73 bits per heavy atom. The number of rotatable bonds is 4. The Balaban J connectivity index is 1.89. The lowest BCUT2D eigenvalue weighted by Gasteiger charge is -2.10. The minimum atomic E-state index is -3.91. The summed E-state index contributed by atoms with van der Waals surface area (Å²) in [7, 11) is -3.91. The number of anilines is 1. The van der Waals surface area contributed by atoms with E-state index in [2.05, 4.69) is 15.3 Å². The van der Waals surface area contributed by atoms with Gasteiger partial charge in [-0.3, -0.25) is 19.6 Å². The van der Waals surface area contributed by atoms with E-state index in [9.17, 15) is 22.8 Å². The van der Waals surface area contributed by atoms with E-state index in [1.807, 2.05) is 4.98 Å². The highest BCUT2D eigenvalue weighted by atomic mass is 32.2. The summed E-state index contributed by atoms with van der Waals surface area (Å²) in [5.74, 6) is -0.514. The van der Waals surface area contributed by atoms with Crippen molar-refractivity contribution in [2.75, 3.05) is 5.32 Å². The number of nitrogens with one attached hydrogen (secondary N) is 3. The van der Waals surface area contributed by atoms with Crippen LogP contribution in [0.25, 0.3) is 11.2 Å². The number of aromatic amines is 2. The highest BCUT2D eigenvalue weighted by Gasteiger charge is 2.14. The van der Waals surface area contributed by atoms with Crippen LogP contribution in [-0.4, -0.2) is 33.8 Å². The maximum atomic E-state index is 12.3. The molecule has 1 amide bonds. The number of primary sulfonamides is 1. The van der Waals surface area contributed by atoms with Crippen LogP contribution in [-0.2, 0) is 21.4 Å². The molecule has 3 rings (SSSR count). The Morgan fingerprint density at radius 2 is 2.04 bits per heavy atom. The van der Waals surface area contributed by atoms with Gasteiger partial charge in [-0.25, -0.2) is 23.3 Å². The second kappa shape index (κ2) is 6.24. The average Bonchev–Trinajstić information content (AvgIpc) is 2.91. The summed E-state index contributed by atoms with van der Waals surface area (Å²) in [5.41, 5.74) is -0.391. The molecule has 12 heteroatoms. The van der Waals surface area contributed by atoms with Gasteiger partial charge in [0.05, 0.1) is 11.2 Å². The van der Waals surface area contributed by atoms with Gasteiger partial charge >= 0.3 is 5.69 Å². The summed E-state index contributed by atoms with van der Waals surface area (Å²) < 4.78 is 24.2. The Bertz CT molecular complexity index is 1240. The molecule has 0 unspecified atom stereocenters. The molecule has 26 heavy (non-hydrogen) atoms. The van der Waals surface area contributed by atoms with Crippen LogP contribution in [0.15, 0.2) is 39.0 Å². The molecule has 0 saturated carbocycles. The van der Waals surface area contributed by atoms with Gasteiger partial charge in [-0.1, -0.05) is 6.07 Å². The second-order valence-corrected chi connectivity index (χ2v) is 7.11. The van der Waals surface area contributed by atoms with E-state index in [0.717, 1.165) is 0 Å². The highest BCUT2D eigenvalue weighted by Crippen LogP contribution is 2.19. The van der Waals surface area contributed by atoms with Gasteiger partial charge < -0.3 is 9.88 Å². The van der Waals surface area contributed by atoms with Gasteiger partial charge in [-0.2, -0.15) is 0 Å². The van der Waals surface area contributed by atoms with Crippen LogP contribution in [0.5, 0.6) is 0 Å². The van der Waals surface area contributed by atoms with E-state index < -0.39 is 27.2 Å². The van der Waals surface area contributed by atoms with Crippen molar-refractivity contribution in [1.29, 1.82) is 0 Å². The number of H-pyrrole nitrogens is 2. The van der Waals surface area contributed by atoms with E-state index in [1.165, 1.54) is 29.1 Å². The number of sulfonamides is 1. The van der Waals surface area contributed by atoms with Crippen LogP contribution in [0.3, 0.4) is 0 Å². The largest absolute Gasteiger partial charge is 0.327 e. The van der Waals surface area contributed by atoms with Gasteiger partial charge in [-0.05, 0) is 24.6 Å². The molecule has 0 bridgehead atoms. The number of benzene rings is 1. The number of amides is 1. The third-order valence-electron chi connectivity index (χ3n) is 3.64. The van der Waals surface area contributed by atoms with Gasteiger partial charge in [-0.15, -0.1) is 0 Å². The number of carbonyl (C=O) groups is 1. The topological polar surface area (TPSA) is 173 Å². The molecule has 0 aliphatic carbocycles. The molecule has 3 aromatic rings. The van der Waals surface area contributed by atoms with Crippen LogP contribution in [0, 0.1) is 6.92 Å². The molecule has 0 aliphatic heterocycles. The zero-order chi connectivity index (χ0) is 19.1. The quantitative estimate of drug-likeness (QED) is 0.453. The van der Waals surface area contributed by atoms with Gasteiger partial charge in [0.1, 0.15) is 12.2 Å². The average molecular weight is 378 g/mol. The zero-order valence-electron chi connectivity index (χ0n) is 13.4. The molecule has 0 aliphatic rings. The monoisotopic (exact) mass is 378 g/mol. The Kier molecular flexibility index (Phi) is 4.21. The minimum absolute atomic E-state index is 0.00944. The molecule has 2 heterocycles. The first-order valence-electron chi connectivity index (χ1n) is 7.26. The van der Waals surface area contributed by atoms with Gasteiger partial charge in [0.2, 0.25) is 15.9 Å². The van der Waals surface area contributed by atoms with E-state index in [4.69, 9.17) is 5.14 Å². The smallest absolute Gasteiger partial charge is 0.324 e. The normalized spacial score (nSPS) is 11.6. The molecule has 136 valence electrons. The van der Waals surface area contributed by atoms with Gasteiger partial charge in [0.25, 0.3) is 5.56 Å². The molecule has 0 spiro atoms. The number of nitrogens with zero attached hydrogens (tertiary/aromatic N) is 2. The maximum Gasteiger partial charge on any atom is 0.327 e. The van der Waals surface area contributed by atoms with E-state index in [-0.39, 0.29) is 28.3 Å². The van der Waals surface area contributed by atoms with Crippen molar-refractivity contribution in [1.82, 2.24) is 19.5 Å². The van der Waals surface area contributed by atoms with Crippen LogP contribution in [0.2, 0.25) is 0 Å². The summed E-state index contributed by atoms with van der Waals surface area (Å²) in [6, 6.07) is 4.10. The maximum absolute atomic E-state index is 12.3. The summed E-state index contributed by atoms with van der Waals surface area (Å²) >= 11 is 0. The predicted molar refractivity (Wildman–Crippen MR) is 92.2 cm³/mol. The fourth-order valence-corrected chi connectivity index (χ4v) is 2.90. The lowest BCUT2D eigenvalue weighted by molar-refractivity contribution is -0.116. The third kappa shape index (κ3) is 3.41. The fraction of sp³-hybridized carbons (Fsp3) is 0.143. The molecule has 1 aromatic carbocycles. The van der Waals surface area contributed by atoms with Crippen molar-refractivity contribution in [2.24, 2.45) is 5.14 Å². The summed E-state index contributed by atoms with van der Waals surface area (Å²) in [5, 5.41) is 7.66. The first kappa shape index (κ1) is 17.6. The first-order chi connectivity index (χ1) is 12.1. The van der Waals surface area contributed by atoms with Crippen molar-refractivity contribution < 1.29 is 13.2 Å². The zero-order valence-corrected chi connectivity index (χ0v) is 14.3. The number of hydrogen-bond acceptors (Lipinski definition) is 6. The number of nitrogens with two attached hydrogens (primary N) is 1. The molecule has 0 fully saturated rings. The van der Waals surface area contributed by atoms with Gasteiger partial charge in [0.15, 0.2) is 5.52 Å². The lowest BCUT2D eigenvalue weighted by Crippen LogP contribution is -2.24. The minimum Gasteiger partial charge on any atom is -0.324 e. The Hall–Kier alpha value is -3.25. The number of aryl methyl sites for hydroxylation is 1.